The molecule has 4 saturated carbocycles. The number of esters is 1. The molecule has 1 amide bonds. The molecule has 1 aromatic carbocycles. The van der Waals surface area contributed by atoms with E-state index in [9.17, 15) is 9.59 Å². The van der Waals surface area contributed by atoms with Crippen LogP contribution in [-0.2, 0) is 20.9 Å². The number of halogens is 1. The number of methoxy groups -OCH3 is 1. The molecule has 4 fully saturated rings. The number of carbonyl (C=O) groups is 2. The van der Waals surface area contributed by atoms with E-state index in [4.69, 9.17) is 9.47 Å². The molecule has 0 spiro atoms. The first-order valence-electron chi connectivity index (χ1n) is 10.5. The topological polar surface area (TPSA) is 55.8 Å². The molecule has 29 heavy (non-hydrogen) atoms. The van der Waals surface area contributed by atoms with Crippen molar-refractivity contribution in [1.82, 2.24) is 4.90 Å². The summed E-state index contributed by atoms with van der Waals surface area (Å²) in [6.45, 7) is 0.285. The lowest BCUT2D eigenvalue weighted by molar-refractivity contribution is -0.157. The molecule has 4 bridgehead atoms. The minimum atomic E-state index is -0.228. The van der Waals surface area contributed by atoms with Gasteiger partial charge in [0.05, 0.1) is 13.5 Å². The van der Waals surface area contributed by atoms with Crippen LogP contribution in [0, 0.1) is 17.3 Å². The average molecular weight is 464 g/mol. The Bertz CT molecular complexity index is 764. The standard InChI is InChI=1S/C23H30BrNO4/c1-25(13-16-3-5-19(28-2)6-4-16)20(26)14-29-21(27)12-22-8-17-7-18(9-22)11-23(24,10-17)15-22/h3-6,17-18H,7-15H2,1-2H3. The molecule has 5 rings (SSSR count). The Hall–Kier alpha value is -1.56. The molecule has 158 valence electrons. The number of amides is 1. The van der Waals surface area contributed by atoms with Crippen molar-refractivity contribution in [2.45, 2.75) is 55.8 Å². The fourth-order valence-electron chi connectivity index (χ4n) is 6.25. The Labute approximate surface area is 181 Å². The number of alkyl halides is 1. The molecule has 2 unspecified atom stereocenters. The van der Waals surface area contributed by atoms with Gasteiger partial charge in [-0.25, -0.2) is 0 Å². The van der Waals surface area contributed by atoms with Crippen molar-refractivity contribution in [2.75, 3.05) is 20.8 Å². The lowest BCUT2D eigenvalue weighted by Gasteiger charge is -2.60. The molecule has 6 heteroatoms. The van der Waals surface area contributed by atoms with Crippen molar-refractivity contribution >= 4 is 27.8 Å². The first kappa shape index (κ1) is 20.7. The molecule has 4 aliphatic rings. The zero-order valence-electron chi connectivity index (χ0n) is 17.3. The highest BCUT2D eigenvalue weighted by atomic mass is 79.9. The van der Waals surface area contributed by atoms with Crippen LogP contribution in [-0.4, -0.2) is 41.9 Å². The van der Waals surface area contributed by atoms with Crippen LogP contribution < -0.4 is 4.74 Å². The average Bonchev–Trinajstić information content (AvgIpc) is 2.64. The minimum Gasteiger partial charge on any atom is -0.497 e. The van der Waals surface area contributed by atoms with E-state index in [1.165, 1.54) is 19.3 Å². The third-order valence-electron chi connectivity index (χ3n) is 6.99. The van der Waals surface area contributed by atoms with Gasteiger partial charge in [0, 0.05) is 17.9 Å². The van der Waals surface area contributed by atoms with Crippen molar-refractivity contribution in [3.05, 3.63) is 29.8 Å². The molecule has 2 atom stereocenters. The second-order valence-corrected chi connectivity index (χ2v) is 11.2. The third-order valence-corrected chi connectivity index (χ3v) is 7.92. The summed E-state index contributed by atoms with van der Waals surface area (Å²) in [6.07, 6.45) is 7.59. The van der Waals surface area contributed by atoms with Crippen LogP contribution in [0.2, 0.25) is 0 Å². The van der Waals surface area contributed by atoms with Crippen LogP contribution >= 0.6 is 15.9 Å². The quantitative estimate of drug-likeness (QED) is 0.446. The minimum absolute atomic E-state index is 0.0721. The van der Waals surface area contributed by atoms with E-state index in [1.54, 1.807) is 19.1 Å². The van der Waals surface area contributed by atoms with Crippen LogP contribution in [0.5, 0.6) is 5.75 Å². The predicted octanol–water partition coefficient (Wildman–Crippen LogP) is 4.32. The molecular formula is C23H30BrNO4. The maximum Gasteiger partial charge on any atom is 0.306 e. The number of likely N-dealkylation sites (N-methyl/N-ethyl adjacent to an activating group) is 1. The monoisotopic (exact) mass is 463 g/mol. The van der Waals surface area contributed by atoms with Crippen molar-refractivity contribution in [3.8, 4) is 5.75 Å². The van der Waals surface area contributed by atoms with Crippen LogP contribution in [0.15, 0.2) is 24.3 Å². The number of carbonyl (C=O) groups excluding carboxylic acids is 2. The first-order chi connectivity index (χ1) is 13.8. The van der Waals surface area contributed by atoms with Gasteiger partial charge >= 0.3 is 5.97 Å². The first-order valence-corrected chi connectivity index (χ1v) is 11.3. The maximum atomic E-state index is 12.6. The maximum absolute atomic E-state index is 12.6. The van der Waals surface area contributed by atoms with Crippen molar-refractivity contribution in [2.24, 2.45) is 17.3 Å². The van der Waals surface area contributed by atoms with Gasteiger partial charge in [0.1, 0.15) is 5.75 Å². The van der Waals surface area contributed by atoms with Crippen molar-refractivity contribution < 1.29 is 19.1 Å². The predicted molar refractivity (Wildman–Crippen MR) is 114 cm³/mol. The normalized spacial score (nSPS) is 32.1. The molecule has 4 aliphatic carbocycles. The van der Waals surface area contributed by atoms with Gasteiger partial charge < -0.3 is 14.4 Å². The van der Waals surface area contributed by atoms with E-state index in [0.29, 0.717) is 13.0 Å². The van der Waals surface area contributed by atoms with Gasteiger partial charge in [0.25, 0.3) is 5.91 Å². The highest BCUT2D eigenvalue weighted by Crippen LogP contribution is 2.65. The second-order valence-electron chi connectivity index (χ2n) is 9.55. The molecule has 0 radical (unpaired) electrons. The van der Waals surface area contributed by atoms with E-state index in [-0.39, 0.29) is 28.2 Å². The highest BCUT2D eigenvalue weighted by Gasteiger charge is 2.57. The van der Waals surface area contributed by atoms with Gasteiger partial charge in [-0.2, -0.15) is 0 Å². The van der Waals surface area contributed by atoms with Crippen molar-refractivity contribution in [1.29, 1.82) is 0 Å². The van der Waals surface area contributed by atoms with E-state index >= 15 is 0 Å². The van der Waals surface area contributed by atoms with Crippen LogP contribution in [0.1, 0.15) is 50.5 Å². The summed E-state index contributed by atoms with van der Waals surface area (Å²) >= 11 is 3.98. The summed E-state index contributed by atoms with van der Waals surface area (Å²) in [7, 11) is 3.36. The largest absolute Gasteiger partial charge is 0.497 e. The SMILES string of the molecule is COc1ccc(CN(C)C(=O)COC(=O)CC23CC4CC(CC(Br)(C4)C2)C3)cc1. The molecule has 0 N–H and O–H groups in total. The van der Waals surface area contributed by atoms with Gasteiger partial charge in [0.15, 0.2) is 6.61 Å². The Kier molecular flexibility index (Phi) is 5.66. The summed E-state index contributed by atoms with van der Waals surface area (Å²) in [5, 5.41) is 0. The van der Waals surface area contributed by atoms with E-state index in [0.717, 1.165) is 42.4 Å². The molecule has 0 aliphatic heterocycles. The van der Waals surface area contributed by atoms with Crippen LogP contribution in [0.4, 0.5) is 0 Å². The van der Waals surface area contributed by atoms with Crippen molar-refractivity contribution in [3.63, 3.8) is 0 Å². The Morgan fingerprint density at radius 2 is 1.79 bits per heavy atom. The molecule has 5 nitrogen and oxygen atoms in total. The molecule has 0 heterocycles. The molecule has 0 aromatic heterocycles. The second kappa shape index (κ2) is 7.93. The summed E-state index contributed by atoms with van der Waals surface area (Å²) in [6, 6.07) is 7.60. The van der Waals surface area contributed by atoms with Gasteiger partial charge in [-0.05, 0) is 73.5 Å². The summed E-state index contributed by atoms with van der Waals surface area (Å²) < 4.78 is 10.8. The number of benzene rings is 1. The highest BCUT2D eigenvalue weighted by molar-refractivity contribution is 9.10. The van der Waals surface area contributed by atoms with E-state index in [2.05, 4.69) is 15.9 Å². The smallest absolute Gasteiger partial charge is 0.306 e. The lowest BCUT2D eigenvalue weighted by Crippen LogP contribution is -2.53. The number of ether oxygens (including phenoxy) is 2. The fourth-order valence-corrected chi connectivity index (χ4v) is 7.76. The molecular weight excluding hydrogens is 434 g/mol. The molecule has 0 saturated heterocycles. The van der Waals surface area contributed by atoms with E-state index < -0.39 is 0 Å². The number of hydrogen-bond acceptors (Lipinski definition) is 4. The lowest BCUT2D eigenvalue weighted by atomic mass is 9.49. The number of hydrogen-bond donors (Lipinski definition) is 0. The van der Waals surface area contributed by atoms with Gasteiger partial charge in [-0.3, -0.25) is 9.59 Å². The Morgan fingerprint density at radius 3 is 2.38 bits per heavy atom. The summed E-state index contributed by atoms with van der Waals surface area (Å²) in [5.41, 5.74) is 1.08. The molecule has 1 aromatic rings. The zero-order valence-corrected chi connectivity index (χ0v) is 18.9. The third kappa shape index (κ3) is 4.62. The number of nitrogens with zero attached hydrogens (tertiary/aromatic N) is 1. The van der Waals surface area contributed by atoms with Gasteiger partial charge in [0.2, 0.25) is 0 Å². The zero-order chi connectivity index (χ0) is 20.6. The summed E-state index contributed by atoms with van der Waals surface area (Å²) in [4.78, 5) is 26.6. The van der Waals surface area contributed by atoms with Crippen LogP contribution in [0.3, 0.4) is 0 Å². The summed E-state index contributed by atoms with van der Waals surface area (Å²) in [5.74, 6) is 1.85. The van der Waals surface area contributed by atoms with E-state index in [1.807, 2.05) is 24.3 Å². The van der Waals surface area contributed by atoms with Gasteiger partial charge in [-0.15, -0.1) is 0 Å². The number of rotatable bonds is 7. The Balaban J connectivity index is 1.26. The Morgan fingerprint density at radius 1 is 1.14 bits per heavy atom. The fraction of sp³-hybridized carbons (Fsp3) is 0.652. The van der Waals surface area contributed by atoms with Gasteiger partial charge in [-0.1, -0.05) is 28.1 Å². The van der Waals surface area contributed by atoms with Crippen LogP contribution in [0.25, 0.3) is 0 Å².